The van der Waals surface area contributed by atoms with Crippen LogP contribution in [0.2, 0.25) is 0 Å². The molecule has 1 unspecified atom stereocenters. The Bertz CT molecular complexity index is 409. The number of rotatable bonds is 9. The van der Waals surface area contributed by atoms with E-state index in [1.54, 1.807) is 0 Å². The zero-order valence-corrected chi connectivity index (χ0v) is 13.5. The van der Waals surface area contributed by atoms with E-state index in [2.05, 4.69) is 30.4 Å². The highest BCUT2D eigenvalue weighted by Crippen LogP contribution is 2.26. The molecule has 0 aromatic heterocycles. The van der Waals surface area contributed by atoms with Crippen molar-refractivity contribution < 1.29 is 9.53 Å². The zero-order chi connectivity index (χ0) is 14.8. The van der Waals surface area contributed by atoms with E-state index in [4.69, 9.17) is 4.74 Å². The molecule has 0 aliphatic rings. The second-order valence-corrected chi connectivity index (χ2v) is 5.81. The second-order valence-electron chi connectivity index (χ2n) is 4.50. The Hall–Kier alpha value is -1.16. The molecule has 0 aliphatic heterocycles. The van der Waals surface area contributed by atoms with Crippen LogP contribution < -0.4 is 5.32 Å². The first kappa shape index (κ1) is 16.9. The lowest BCUT2D eigenvalue weighted by Gasteiger charge is -2.15. The molecule has 112 valence electrons. The summed E-state index contributed by atoms with van der Waals surface area (Å²) in [7, 11) is 0. The molecule has 0 spiro atoms. The van der Waals surface area contributed by atoms with Crippen LogP contribution in [-0.4, -0.2) is 24.9 Å². The van der Waals surface area contributed by atoms with E-state index in [0.717, 1.165) is 30.8 Å². The third-order valence-electron chi connectivity index (χ3n) is 3.11. The van der Waals surface area contributed by atoms with Gasteiger partial charge in [0.1, 0.15) is 0 Å². The lowest BCUT2D eigenvalue weighted by Crippen LogP contribution is -2.20. The largest absolute Gasteiger partial charge is 0.466 e. The Morgan fingerprint density at radius 2 is 2.05 bits per heavy atom. The molecular weight excluding hydrogens is 270 g/mol. The van der Waals surface area contributed by atoms with Crippen molar-refractivity contribution in [2.45, 2.75) is 38.5 Å². The molecule has 1 rings (SSSR count). The molecule has 0 saturated heterocycles. The van der Waals surface area contributed by atoms with Crippen molar-refractivity contribution in [2.75, 3.05) is 24.2 Å². The average Bonchev–Trinajstić information content (AvgIpc) is 2.45. The van der Waals surface area contributed by atoms with Gasteiger partial charge >= 0.3 is 5.97 Å². The molecule has 1 atom stereocenters. The highest BCUT2D eigenvalue weighted by Gasteiger charge is 2.17. The van der Waals surface area contributed by atoms with Gasteiger partial charge in [0.15, 0.2) is 0 Å². The molecule has 3 nitrogen and oxygen atoms in total. The van der Waals surface area contributed by atoms with Crippen LogP contribution >= 0.6 is 11.8 Å². The molecule has 1 aromatic carbocycles. The first-order valence-corrected chi connectivity index (χ1v) is 8.33. The maximum atomic E-state index is 11.7. The minimum Gasteiger partial charge on any atom is -0.466 e. The summed E-state index contributed by atoms with van der Waals surface area (Å²) in [5.41, 5.74) is 1.15. The summed E-state index contributed by atoms with van der Waals surface area (Å²) in [6.07, 6.45) is 1.63. The summed E-state index contributed by atoms with van der Waals surface area (Å²) in [5, 5.41) is 3.43. The number of esters is 1. The molecule has 0 amide bonds. The Morgan fingerprint density at radius 3 is 2.70 bits per heavy atom. The summed E-state index contributed by atoms with van der Waals surface area (Å²) in [4.78, 5) is 13.0. The first-order chi connectivity index (χ1) is 9.72. The van der Waals surface area contributed by atoms with Gasteiger partial charge in [0, 0.05) is 17.1 Å². The van der Waals surface area contributed by atoms with E-state index < -0.39 is 0 Å². The molecule has 1 N–H and O–H groups in total. The van der Waals surface area contributed by atoms with Crippen LogP contribution in [-0.2, 0) is 9.53 Å². The van der Waals surface area contributed by atoms with Gasteiger partial charge in [0.25, 0.3) is 0 Å². The van der Waals surface area contributed by atoms with E-state index in [0.29, 0.717) is 6.61 Å². The Morgan fingerprint density at radius 1 is 1.30 bits per heavy atom. The minimum absolute atomic E-state index is 0.00607. The van der Waals surface area contributed by atoms with E-state index in [1.807, 2.05) is 31.7 Å². The van der Waals surface area contributed by atoms with Crippen LogP contribution in [0.15, 0.2) is 29.2 Å². The lowest BCUT2D eigenvalue weighted by molar-refractivity contribution is -0.148. The smallest absolute Gasteiger partial charge is 0.308 e. The minimum atomic E-state index is -0.0759. The molecule has 4 heteroatoms. The van der Waals surface area contributed by atoms with Crippen molar-refractivity contribution in [3.8, 4) is 0 Å². The van der Waals surface area contributed by atoms with Crippen LogP contribution in [0.25, 0.3) is 0 Å². The molecule has 0 bridgehead atoms. The number of carbonyl (C=O) groups is 1. The third kappa shape index (κ3) is 5.45. The molecule has 20 heavy (non-hydrogen) atoms. The Kier molecular flexibility index (Phi) is 8.19. The van der Waals surface area contributed by atoms with Gasteiger partial charge in [-0.05, 0) is 37.7 Å². The quantitative estimate of drug-likeness (QED) is 0.547. The predicted molar refractivity (Wildman–Crippen MR) is 86.4 cm³/mol. The topological polar surface area (TPSA) is 38.3 Å². The number of hydrogen-bond donors (Lipinski definition) is 1. The summed E-state index contributed by atoms with van der Waals surface area (Å²) in [6.45, 7) is 7.27. The molecule has 1 aromatic rings. The van der Waals surface area contributed by atoms with Gasteiger partial charge in [-0.25, -0.2) is 0 Å². The number of hydrogen-bond acceptors (Lipinski definition) is 4. The number of thioether (sulfide) groups is 1. The van der Waals surface area contributed by atoms with Gasteiger partial charge in [-0.3, -0.25) is 4.79 Å². The highest BCUT2D eigenvalue weighted by molar-refractivity contribution is 7.99. The molecule has 0 saturated carbocycles. The monoisotopic (exact) mass is 295 g/mol. The van der Waals surface area contributed by atoms with Crippen LogP contribution in [0.3, 0.4) is 0 Å². The fraction of sp³-hybridized carbons (Fsp3) is 0.562. The Balaban J connectivity index is 2.48. The highest BCUT2D eigenvalue weighted by atomic mass is 32.2. The van der Waals surface area contributed by atoms with E-state index in [-0.39, 0.29) is 11.9 Å². The van der Waals surface area contributed by atoms with Gasteiger partial charge in [0.05, 0.1) is 12.5 Å². The van der Waals surface area contributed by atoms with Gasteiger partial charge in [-0.15, -0.1) is 11.8 Å². The normalized spacial score (nSPS) is 11.9. The molecule has 0 aliphatic carbocycles. The van der Waals surface area contributed by atoms with Crippen LogP contribution in [0.4, 0.5) is 5.69 Å². The number of carbonyl (C=O) groups excluding carboxylic acids is 1. The number of nitrogens with one attached hydrogen (secondary N) is 1. The maximum absolute atomic E-state index is 11.7. The van der Waals surface area contributed by atoms with Crippen molar-refractivity contribution in [3.05, 3.63) is 24.3 Å². The summed E-state index contributed by atoms with van der Waals surface area (Å²) in [5.74, 6) is 0.973. The maximum Gasteiger partial charge on any atom is 0.308 e. The van der Waals surface area contributed by atoms with Gasteiger partial charge < -0.3 is 10.1 Å². The third-order valence-corrected chi connectivity index (χ3v) is 4.06. The second kappa shape index (κ2) is 9.70. The molecule has 0 heterocycles. The van der Waals surface area contributed by atoms with Gasteiger partial charge in [-0.2, -0.15) is 0 Å². The van der Waals surface area contributed by atoms with Gasteiger partial charge in [0.2, 0.25) is 0 Å². The predicted octanol–water partition coefficient (Wildman–Crippen LogP) is 4.19. The summed E-state index contributed by atoms with van der Waals surface area (Å²) in [6, 6.07) is 8.30. The SMILES string of the molecule is CCOC(=O)C(CC)CCNc1ccccc1SCC. The van der Waals surface area contributed by atoms with Crippen molar-refractivity contribution in [1.82, 2.24) is 0 Å². The van der Waals surface area contributed by atoms with Crippen molar-refractivity contribution in [2.24, 2.45) is 5.92 Å². The molecule has 0 fully saturated rings. The van der Waals surface area contributed by atoms with Crippen molar-refractivity contribution in [3.63, 3.8) is 0 Å². The van der Waals surface area contributed by atoms with Gasteiger partial charge in [-0.1, -0.05) is 26.0 Å². The van der Waals surface area contributed by atoms with E-state index >= 15 is 0 Å². The lowest BCUT2D eigenvalue weighted by atomic mass is 10.0. The van der Waals surface area contributed by atoms with Crippen LogP contribution in [0, 0.1) is 5.92 Å². The molecule has 0 radical (unpaired) electrons. The van der Waals surface area contributed by atoms with Crippen LogP contribution in [0.1, 0.15) is 33.6 Å². The summed E-state index contributed by atoms with van der Waals surface area (Å²) >= 11 is 1.83. The molecular formula is C16H25NO2S. The summed E-state index contributed by atoms with van der Waals surface area (Å²) < 4.78 is 5.09. The number of anilines is 1. The average molecular weight is 295 g/mol. The number of benzene rings is 1. The van der Waals surface area contributed by atoms with E-state index in [1.165, 1.54) is 4.90 Å². The number of para-hydroxylation sites is 1. The van der Waals surface area contributed by atoms with Crippen molar-refractivity contribution in [1.29, 1.82) is 0 Å². The standard InChI is InChI=1S/C16H25NO2S/c1-4-13(16(18)19-5-2)11-12-17-14-9-7-8-10-15(14)20-6-3/h7-10,13,17H,4-6,11-12H2,1-3H3. The number of ether oxygens (including phenoxy) is 1. The first-order valence-electron chi connectivity index (χ1n) is 7.35. The van der Waals surface area contributed by atoms with Crippen LogP contribution in [0.5, 0.6) is 0 Å². The van der Waals surface area contributed by atoms with Crippen molar-refractivity contribution >= 4 is 23.4 Å². The van der Waals surface area contributed by atoms with E-state index in [9.17, 15) is 4.79 Å². The fourth-order valence-electron chi connectivity index (χ4n) is 2.02. The fourth-order valence-corrected chi connectivity index (χ4v) is 2.81. The zero-order valence-electron chi connectivity index (χ0n) is 12.6. The Labute approximate surface area is 126 Å².